The van der Waals surface area contributed by atoms with Gasteiger partial charge in [0.1, 0.15) is 0 Å². The second-order valence-electron chi connectivity index (χ2n) is 10.2. The van der Waals surface area contributed by atoms with Gasteiger partial charge in [-0.2, -0.15) is 0 Å². The summed E-state index contributed by atoms with van der Waals surface area (Å²) in [5.74, 6) is 0.222. The van der Waals surface area contributed by atoms with Crippen LogP contribution in [0.25, 0.3) is 10.9 Å². The Morgan fingerprint density at radius 3 is 2.59 bits per heavy atom. The number of thioether (sulfide) groups is 1. The van der Waals surface area contributed by atoms with Gasteiger partial charge in [0.25, 0.3) is 5.56 Å². The van der Waals surface area contributed by atoms with E-state index in [1.165, 1.54) is 11.8 Å². The van der Waals surface area contributed by atoms with Gasteiger partial charge in [0.05, 0.1) is 33.5 Å². The van der Waals surface area contributed by atoms with Crippen molar-refractivity contribution >= 4 is 51.8 Å². The quantitative estimate of drug-likeness (QED) is 0.282. The normalized spacial score (nSPS) is 21.1. The molecule has 1 aliphatic carbocycles. The minimum atomic E-state index is -0.225. The van der Waals surface area contributed by atoms with E-state index in [0.29, 0.717) is 39.9 Å². The summed E-state index contributed by atoms with van der Waals surface area (Å²) >= 11 is 7.41. The maximum absolute atomic E-state index is 13.5. The van der Waals surface area contributed by atoms with Crippen molar-refractivity contribution in [1.29, 1.82) is 0 Å². The van der Waals surface area contributed by atoms with Crippen LogP contribution in [0.3, 0.4) is 0 Å². The lowest BCUT2D eigenvalue weighted by Crippen LogP contribution is -2.38. The monoisotopic (exact) mass is 568 g/mol. The van der Waals surface area contributed by atoms with Crippen molar-refractivity contribution in [2.45, 2.75) is 56.3 Å². The van der Waals surface area contributed by atoms with Crippen LogP contribution in [0, 0.1) is 11.8 Å². The number of hydrogen-bond donors (Lipinski definition) is 2. The van der Waals surface area contributed by atoms with Crippen LogP contribution in [0.1, 0.15) is 38.5 Å². The molecule has 2 fully saturated rings. The first kappa shape index (κ1) is 27.7. The smallest absolute Gasteiger partial charge is 0.262 e. The lowest BCUT2D eigenvalue weighted by molar-refractivity contribution is -0.126. The van der Waals surface area contributed by atoms with E-state index >= 15 is 0 Å². The molecule has 206 valence electrons. The maximum Gasteiger partial charge on any atom is 0.262 e. The van der Waals surface area contributed by atoms with Crippen LogP contribution in [-0.4, -0.2) is 46.4 Å². The lowest BCUT2D eigenvalue weighted by Gasteiger charge is -2.29. The van der Waals surface area contributed by atoms with Crippen molar-refractivity contribution in [2.24, 2.45) is 11.8 Å². The average molecular weight is 569 g/mol. The van der Waals surface area contributed by atoms with E-state index in [-0.39, 0.29) is 41.1 Å². The molecule has 3 aromatic rings. The molecule has 1 atom stereocenters. The number of benzene rings is 2. The van der Waals surface area contributed by atoms with Crippen molar-refractivity contribution in [3.05, 3.63) is 63.9 Å². The molecule has 2 aliphatic rings. The molecule has 1 aliphatic heterocycles. The van der Waals surface area contributed by atoms with E-state index in [9.17, 15) is 14.4 Å². The number of halogens is 1. The molecule has 8 nitrogen and oxygen atoms in total. The van der Waals surface area contributed by atoms with E-state index in [0.717, 1.165) is 45.1 Å². The largest absolute Gasteiger partial charge is 0.376 e. The minimum absolute atomic E-state index is 0.00328. The van der Waals surface area contributed by atoms with Gasteiger partial charge in [0.15, 0.2) is 5.16 Å². The number of amides is 2. The molecular weight excluding hydrogens is 536 g/mol. The number of fused-ring (bicyclic) bond motifs is 1. The van der Waals surface area contributed by atoms with Crippen LogP contribution < -0.4 is 16.2 Å². The highest BCUT2D eigenvalue weighted by Crippen LogP contribution is 2.31. The van der Waals surface area contributed by atoms with E-state index in [1.807, 2.05) is 18.2 Å². The van der Waals surface area contributed by atoms with E-state index in [1.54, 1.807) is 34.9 Å². The van der Waals surface area contributed by atoms with Crippen LogP contribution >= 0.6 is 23.4 Å². The van der Waals surface area contributed by atoms with E-state index in [4.69, 9.17) is 21.3 Å². The predicted octanol–water partition coefficient (Wildman–Crippen LogP) is 4.88. The summed E-state index contributed by atoms with van der Waals surface area (Å²) < 4.78 is 7.32. The predicted molar refractivity (Wildman–Crippen MR) is 154 cm³/mol. The van der Waals surface area contributed by atoms with Gasteiger partial charge in [-0.1, -0.05) is 47.6 Å². The van der Waals surface area contributed by atoms with Gasteiger partial charge in [-0.25, -0.2) is 4.98 Å². The molecule has 1 saturated carbocycles. The zero-order chi connectivity index (χ0) is 27.2. The summed E-state index contributed by atoms with van der Waals surface area (Å²) in [6, 6.07) is 14.4. The van der Waals surface area contributed by atoms with Crippen molar-refractivity contribution in [3.63, 3.8) is 0 Å². The van der Waals surface area contributed by atoms with Gasteiger partial charge in [-0.3, -0.25) is 19.0 Å². The van der Waals surface area contributed by atoms with Gasteiger partial charge in [-0.15, -0.1) is 0 Å². The fourth-order valence-electron chi connectivity index (χ4n) is 5.33. The van der Waals surface area contributed by atoms with Gasteiger partial charge in [0, 0.05) is 25.6 Å². The van der Waals surface area contributed by atoms with Crippen molar-refractivity contribution < 1.29 is 14.3 Å². The van der Waals surface area contributed by atoms with E-state index in [2.05, 4.69) is 10.6 Å². The molecule has 2 aromatic carbocycles. The minimum Gasteiger partial charge on any atom is -0.376 e. The number of carbonyl (C=O) groups is 2. The molecule has 0 spiro atoms. The SMILES string of the molecule is O=C(CSc1nc2ccccc2c(=O)n1CC1CCC(C(=O)NC[C@H]2CCCO2)CC1)Nc1ccccc1Cl. The Kier molecular flexibility index (Phi) is 9.21. The second kappa shape index (κ2) is 13.0. The van der Waals surface area contributed by atoms with Crippen LogP contribution in [0.2, 0.25) is 5.02 Å². The van der Waals surface area contributed by atoms with Gasteiger partial charge < -0.3 is 15.4 Å². The Balaban J connectivity index is 1.23. The molecule has 1 saturated heterocycles. The topological polar surface area (TPSA) is 102 Å². The average Bonchev–Trinajstić information content (AvgIpc) is 3.48. The molecule has 0 bridgehead atoms. The van der Waals surface area contributed by atoms with Gasteiger partial charge in [0.2, 0.25) is 11.8 Å². The zero-order valence-corrected chi connectivity index (χ0v) is 23.3. The molecule has 2 heterocycles. The Morgan fingerprint density at radius 1 is 1.05 bits per heavy atom. The first-order chi connectivity index (χ1) is 19.0. The summed E-state index contributed by atoms with van der Waals surface area (Å²) in [5, 5.41) is 7.43. The Morgan fingerprint density at radius 2 is 1.82 bits per heavy atom. The number of aromatic nitrogens is 2. The molecule has 2 amide bonds. The molecule has 39 heavy (non-hydrogen) atoms. The van der Waals surface area contributed by atoms with Crippen molar-refractivity contribution in [3.8, 4) is 0 Å². The Bertz CT molecular complexity index is 1380. The van der Waals surface area contributed by atoms with Crippen molar-refractivity contribution in [1.82, 2.24) is 14.9 Å². The molecule has 5 rings (SSSR count). The fraction of sp³-hybridized carbons (Fsp3) is 0.448. The summed E-state index contributed by atoms with van der Waals surface area (Å²) in [4.78, 5) is 43.6. The van der Waals surface area contributed by atoms with Gasteiger partial charge >= 0.3 is 0 Å². The molecule has 10 heteroatoms. The standard InChI is InChI=1S/C29H33ClN4O4S/c30-23-8-2-4-10-25(23)32-26(35)18-39-29-33-24-9-3-1-7-22(24)28(37)34(29)17-19-11-13-20(14-12-19)27(36)31-16-21-6-5-15-38-21/h1-4,7-10,19-21H,5-6,11-18H2,(H,31,36)(H,32,35)/t19?,20?,21-/m1/s1. The van der Waals surface area contributed by atoms with Gasteiger partial charge in [-0.05, 0) is 68.7 Å². The van der Waals surface area contributed by atoms with Crippen LogP contribution in [-0.2, 0) is 20.9 Å². The summed E-state index contributed by atoms with van der Waals surface area (Å²) in [7, 11) is 0. The number of anilines is 1. The summed E-state index contributed by atoms with van der Waals surface area (Å²) in [6.07, 6.45) is 5.49. The molecule has 0 unspecified atom stereocenters. The fourth-order valence-corrected chi connectivity index (χ4v) is 6.32. The highest BCUT2D eigenvalue weighted by Gasteiger charge is 2.28. The number of ether oxygens (including phenoxy) is 1. The maximum atomic E-state index is 13.5. The van der Waals surface area contributed by atoms with E-state index < -0.39 is 0 Å². The molecular formula is C29H33ClN4O4S. The number of rotatable bonds is 9. The molecule has 0 radical (unpaired) electrons. The number of nitrogens with zero attached hydrogens (tertiary/aromatic N) is 2. The summed E-state index contributed by atoms with van der Waals surface area (Å²) in [6.45, 7) is 1.87. The third-order valence-electron chi connectivity index (χ3n) is 7.49. The first-order valence-electron chi connectivity index (χ1n) is 13.5. The highest BCUT2D eigenvalue weighted by molar-refractivity contribution is 7.99. The third-order valence-corrected chi connectivity index (χ3v) is 8.80. The van der Waals surface area contributed by atoms with Crippen LogP contribution in [0.15, 0.2) is 58.5 Å². The lowest BCUT2D eigenvalue weighted by atomic mass is 9.81. The van der Waals surface area contributed by atoms with Crippen LogP contribution in [0.4, 0.5) is 5.69 Å². The molecule has 2 N–H and O–H groups in total. The highest BCUT2D eigenvalue weighted by atomic mass is 35.5. The molecule has 1 aromatic heterocycles. The third kappa shape index (κ3) is 7.01. The summed E-state index contributed by atoms with van der Waals surface area (Å²) in [5.41, 5.74) is 1.05. The number of hydrogen-bond acceptors (Lipinski definition) is 6. The second-order valence-corrected chi connectivity index (χ2v) is 11.6. The number of para-hydroxylation sites is 2. The van der Waals surface area contributed by atoms with Crippen LogP contribution in [0.5, 0.6) is 0 Å². The zero-order valence-electron chi connectivity index (χ0n) is 21.7. The number of carbonyl (C=O) groups excluding carboxylic acids is 2. The first-order valence-corrected chi connectivity index (χ1v) is 14.9. The Hall–Kier alpha value is -2.88. The van der Waals surface area contributed by atoms with Crippen molar-refractivity contribution in [2.75, 3.05) is 24.2 Å². The number of nitrogens with one attached hydrogen (secondary N) is 2. The Labute approximate surface area is 236 Å².